The highest BCUT2D eigenvalue weighted by atomic mass is 16.5. The van der Waals surface area contributed by atoms with Crippen LogP contribution in [0.4, 0.5) is 0 Å². The fraction of sp³-hybridized carbons (Fsp3) is 0.571. The van der Waals surface area contributed by atoms with Crippen LogP contribution in [-0.2, 0) is 11.2 Å². The van der Waals surface area contributed by atoms with Crippen molar-refractivity contribution in [2.45, 2.75) is 38.8 Å². The normalized spacial score (nSPS) is 24.3. The van der Waals surface area contributed by atoms with Gasteiger partial charge in [0.15, 0.2) is 0 Å². The van der Waals surface area contributed by atoms with Crippen LogP contribution in [0.2, 0.25) is 0 Å². The van der Waals surface area contributed by atoms with Crippen molar-refractivity contribution in [1.82, 2.24) is 5.32 Å². The topological polar surface area (TPSA) is 21.3 Å². The van der Waals surface area contributed by atoms with E-state index in [1.165, 1.54) is 11.1 Å². The van der Waals surface area contributed by atoms with Crippen LogP contribution in [-0.4, -0.2) is 18.8 Å². The molecule has 1 atom stereocenters. The second kappa shape index (κ2) is 4.56. The number of nitrogens with one attached hydrogen (secondary N) is 1. The molecule has 1 aliphatic heterocycles. The van der Waals surface area contributed by atoms with E-state index in [0.29, 0.717) is 6.04 Å². The zero-order valence-electron chi connectivity index (χ0n) is 10.4. The monoisotopic (exact) mass is 219 g/mol. The first kappa shape index (κ1) is 11.6. The minimum Gasteiger partial charge on any atom is -0.378 e. The average molecular weight is 219 g/mol. The van der Waals surface area contributed by atoms with Crippen LogP contribution in [0.15, 0.2) is 24.3 Å². The van der Waals surface area contributed by atoms with Gasteiger partial charge in [-0.2, -0.15) is 0 Å². The summed E-state index contributed by atoms with van der Waals surface area (Å²) in [5, 5.41) is 3.62. The molecule has 2 heteroatoms. The molecule has 0 saturated carbocycles. The maximum absolute atomic E-state index is 5.65. The van der Waals surface area contributed by atoms with Crippen LogP contribution < -0.4 is 5.32 Å². The third kappa shape index (κ3) is 2.63. The maximum Gasteiger partial charge on any atom is 0.0662 e. The first-order valence-electron chi connectivity index (χ1n) is 6.05. The number of hydrogen-bond acceptors (Lipinski definition) is 2. The molecule has 1 heterocycles. The Kier molecular flexibility index (Phi) is 3.31. The molecule has 1 saturated heterocycles. The summed E-state index contributed by atoms with van der Waals surface area (Å²) in [5.41, 5.74) is 2.79. The molecule has 1 N–H and O–H groups in total. The number of rotatable bonds is 2. The van der Waals surface area contributed by atoms with E-state index >= 15 is 0 Å². The molecule has 1 aromatic carbocycles. The number of morpholine rings is 1. The van der Waals surface area contributed by atoms with Crippen molar-refractivity contribution in [3.63, 3.8) is 0 Å². The largest absolute Gasteiger partial charge is 0.378 e. The number of aryl methyl sites for hydroxylation is 1. The molecule has 16 heavy (non-hydrogen) atoms. The Bertz CT molecular complexity index is 342. The van der Waals surface area contributed by atoms with Crippen molar-refractivity contribution in [2.75, 3.05) is 13.2 Å². The van der Waals surface area contributed by atoms with E-state index in [2.05, 4.69) is 50.4 Å². The van der Waals surface area contributed by atoms with Gasteiger partial charge in [-0.1, -0.05) is 31.2 Å². The first-order valence-corrected chi connectivity index (χ1v) is 6.05. The summed E-state index contributed by atoms with van der Waals surface area (Å²) in [4.78, 5) is 0. The van der Waals surface area contributed by atoms with Crippen molar-refractivity contribution < 1.29 is 4.74 Å². The summed E-state index contributed by atoms with van der Waals surface area (Å²) in [7, 11) is 0. The molecule has 0 aliphatic carbocycles. The van der Waals surface area contributed by atoms with Gasteiger partial charge in [0.05, 0.1) is 19.3 Å². The predicted octanol–water partition coefficient (Wildman–Crippen LogP) is 2.69. The van der Waals surface area contributed by atoms with Gasteiger partial charge in [0.2, 0.25) is 0 Å². The second-order valence-electron chi connectivity index (χ2n) is 5.19. The molecule has 1 fully saturated rings. The molecular formula is C14H21NO. The first-order chi connectivity index (χ1) is 7.61. The van der Waals surface area contributed by atoms with E-state index in [0.717, 1.165) is 19.6 Å². The van der Waals surface area contributed by atoms with Gasteiger partial charge in [0.25, 0.3) is 0 Å². The van der Waals surface area contributed by atoms with E-state index in [4.69, 9.17) is 4.74 Å². The van der Waals surface area contributed by atoms with E-state index in [1.54, 1.807) is 0 Å². The van der Waals surface area contributed by atoms with Crippen molar-refractivity contribution in [1.29, 1.82) is 0 Å². The Hall–Kier alpha value is -0.860. The lowest BCUT2D eigenvalue weighted by Crippen LogP contribution is -2.51. The van der Waals surface area contributed by atoms with Crippen LogP contribution in [0, 0.1) is 0 Å². The molecule has 1 aromatic rings. The van der Waals surface area contributed by atoms with Crippen molar-refractivity contribution in [2.24, 2.45) is 0 Å². The van der Waals surface area contributed by atoms with Gasteiger partial charge in [0, 0.05) is 5.54 Å². The molecule has 0 spiro atoms. The number of hydrogen-bond donors (Lipinski definition) is 1. The molecule has 0 radical (unpaired) electrons. The summed E-state index contributed by atoms with van der Waals surface area (Å²) >= 11 is 0. The van der Waals surface area contributed by atoms with Gasteiger partial charge in [0.1, 0.15) is 0 Å². The summed E-state index contributed by atoms with van der Waals surface area (Å²) in [6, 6.07) is 9.16. The highest BCUT2D eigenvalue weighted by molar-refractivity contribution is 5.25. The number of ether oxygens (including phenoxy) is 1. The van der Waals surface area contributed by atoms with E-state index in [-0.39, 0.29) is 5.54 Å². The SMILES string of the molecule is CCc1ccc(C2COCC(C)(C)N2)cc1. The lowest BCUT2D eigenvalue weighted by molar-refractivity contribution is 0.0127. The summed E-state index contributed by atoms with van der Waals surface area (Å²) in [5.74, 6) is 0. The van der Waals surface area contributed by atoms with Crippen LogP contribution in [0.25, 0.3) is 0 Å². The third-order valence-corrected chi connectivity index (χ3v) is 3.10. The lowest BCUT2D eigenvalue weighted by atomic mass is 9.98. The zero-order chi connectivity index (χ0) is 11.6. The number of benzene rings is 1. The Balaban J connectivity index is 2.11. The second-order valence-corrected chi connectivity index (χ2v) is 5.19. The van der Waals surface area contributed by atoms with Gasteiger partial charge < -0.3 is 10.1 Å². The van der Waals surface area contributed by atoms with Crippen molar-refractivity contribution >= 4 is 0 Å². The molecule has 2 nitrogen and oxygen atoms in total. The van der Waals surface area contributed by atoms with Gasteiger partial charge in [-0.3, -0.25) is 0 Å². The smallest absolute Gasteiger partial charge is 0.0662 e. The van der Waals surface area contributed by atoms with Crippen molar-refractivity contribution in [3.05, 3.63) is 35.4 Å². The van der Waals surface area contributed by atoms with Gasteiger partial charge in [-0.05, 0) is 31.4 Å². The lowest BCUT2D eigenvalue weighted by Gasteiger charge is -2.37. The summed E-state index contributed by atoms with van der Waals surface area (Å²) < 4.78 is 5.65. The molecule has 1 aliphatic rings. The van der Waals surface area contributed by atoms with E-state index in [1.807, 2.05) is 0 Å². The average Bonchev–Trinajstić information content (AvgIpc) is 2.28. The summed E-state index contributed by atoms with van der Waals surface area (Å²) in [6.07, 6.45) is 1.10. The minimum absolute atomic E-state index is 0.0757. The quantitative estimate of drug-likeness (QED) is 0.825. The molecular weight excluding hydrogens is 198 g/mol. The van der Waals surface area contributed by atoms with Crippen LogP contribution in [0.1, 0.15) is 37.9 Å². The van der Waals surface area contributed by atoms with Gasteiger partial charge in [-0.25, -0.2) is 0 Å². The maximum atomic E-state index is 5.65. The fourth-order valence-electron chi connectivity index (χ4n) is 2.15. The molecule has 0 amide bonds. The van der Waals surface area contributed by atoms with Gasteiger partial charge >= 0.3 is 0 Å². The Morgan fingerprint density at radius 1 is 1.31 bits per heavy atom. The molecule has 88 valence electrons. The zero-order valence-corrected chi connectivity index (χ0v) is 10.4. The Morgan fingerprint density at radius 2 is 2.00 bits per heavy atom. The van der Waals surface area contributed by atoms with E-state index < -0.39 is 0 Å². The van der Waals surface area contributed by atoms with Crippen LogP contribution in [0.3, 0.4) is 0 Å². The van der Waals surface area contributed by atoms with Gasteiger partial charge in [-0.15, -0.1) is 0 Å². The Morgan fingerprint density at radius 3 is 2.56 bits per heavy atom. The highest BCUT2D eigenvalue weighted by Gasteiger charge is 2.28. The summed E-state index contributed by atoms with van der Waals surface area (Å²) in [6.45, 7) is 8.10. The van der Waals surface area contributed by atoms with Crippen molar-refractivity contribution in [3.8, 4) is 0 Å². The molecule has 2 rings (SSSR count). The molecule has 0 aromatic heterocycles. The van der Waals surface area contributed by atoms with Crippen LogP contribution in [0.5, 0.6) is 0 Å². The molecule has 1 unspecified atom stereocenters. The standard InChI is InChI=1S/C14H21NO/c1-4-11-5-7-12(8-6-11)13-9-16-10-14(2,3)15-13/h5-8,13,15H,4,9-10H2,1-3H3. The Labute approximate surface area is 98.0 Å². The fourth-order valence-corrected chi connectivity index (χ4v) is 2.15. The minimum atomic E-state index is 0.0757. The predicted molar refractivity (Wildman–Crippen MR) is 66.6 cm³/mol. The molecule has 0 bridgehead atoms. The highest BCUT2D eigenvalue weighted by Crippen LogP contribution is 2.22. The third-order valence-electron chi connectivity index (χ3n) is 3.10. The van der Waals surface area contributed by atoms with E-state index in [9.17, 15) is 0 Å². The van der Waals surface area contributed by atoms with Crippen LogP contribution >= 0.6 is 0 Å².